The van der Waals surface area contributed by atoms with Gasteiger partial charge in [-0.2, -0.15) is 5.10 Å². The molecule has 2 heterocycles. The predicted octanol–water partition coefficient (Wildman–Crippen LogP) is 4.23. The molecule has 1 aliphatic heterocycles. The minimum absolute atomic E-state index is 0.0211. The molecule has 150 valence electrons. The first-order valence-corrected chi connectivity index (χ1v) is 9.88. The zero-order valence-electron chi connectivity index (χ0n) is 17.0. The minimum atomic E-state index is -0.296. The summed E-state index contributed by atoms with van der Waals surface area (Å²) in [6, 6.07) is 14.4. The molecule has 0 saturated heterocycles. The summed E-state index contributed by atoms with van der Waals surface area (Å²) >= 11 is 0. The fraction of sp³-hybridized carbons (Fsp3) is 0.304. The summed E-state index contributed by atoms with van der Waals surface area (Å²) in [5.74, 6) is -0.230. The third-order valence-electron chi connectivity index (χ3n) is 5.41. The number of anilines is 1. The molecule has 0 spiro atoms. The molecule has 5 nitrogen and oxygen atoms in total. The molecule has 1 amide bonds. The number of hydrogen-bond donors (Lipinski definition) is 0. The number of carbonyl (C=O) groups excluding carboxylic acids is 1. The van der Waals surface area contributed by atoms with Gasteiger partial charge in [-0.25, -0.2) is 9.07 Å². The van der Waals surface area contributed by atoms with Crippen molar-refractivity contribution in [3.63, 3.8) is 0 Å². The largest absolute Gasteiger partial charge is 0.373 e. The lowest BCUT2D eigenvalue weighted by molar-refractivity contribution is 0.0750. The van der Waals surface area contributed by atoms with Crippen molar-refractivity contribution >= 4 is 11.6 Å². The van der Waals surface area contributed by atoms with Crippen LogP contribution in [-0.2, 0) is 6.54 Å². The van der Waals surface area contributed by atoms with Gasteiger partial charge in [0.1, 0.15) is 5.82 Å². The maximum absolute atomic E-state index is 13.5. The van der Waals surface area contributed by atoms with Crippen LogP contribution in [0.2, 0.25) is 0 Å². The predicted molar refractivity (Wildman–Crippen MR) is 112 cm³/mol. The van der Waals surface area contributed by atoms with E-state index in [0.29, 0.717) is 18.7 Å². The molecular formula is C23H25FN4O. The fourth-order valence-corrected chi connectivity index (χ4v) is 3.90. The summed E-state index contributed by atoms with van der Waals surface area (Å²) < 4.78 is 15.1. The van der Waals surface area contributed by atoms with Crippen molar-refractivity contribution in [2.45, 2.75) is 26.3 Å². The van der Waals surface area contributed by atoms with Crippen LogP contribution in [0.15, 0.2) is 54.7 Å². The molecule has 1 aliphatic rings. The van der Waals surface area contributed by atoms with Crippen molar-refractivity contribution in [3.8, 4) is 5.69 Å². The fourth-order valence-electron chi connectivity index (χ4n) is 3.90. The zero-order valence-corrected chi connectivity index (χ0v) is 17.0. The lowest BCUT2D eigenvalue weighted by Crippen LogP contribution is -2.34. The molecule has 0 atom stereocenters. The Morgan fingerprint density at radius 1 is 1.07 bits per heavy atom. The number of benzene rings is 2. The van der Waals surface area contributed by atoms with Crippen LogP contribution in [0.25, 0.3) is 5.69 Å². The van der Waals surface area contributed by atoms with E-state index in [1.165, 1.54) is 12.1 Å². The van der Waals surface area contributed by atoms with Gasteiger partial charge in [-0.3, -0.25) is 4.79 Å². The third kappa shape index (κ3) is 3.62. The lowest BCUT2D eigenvalue weighted by Gasteiger charge is -2.22. The second-order valence-electron chi connectivity index (χ2n) is 7.76. The molecule has 0 fully saturated rings. The topological polar surface area (TPSA) is 41.4 Å². The van der Waals surface area contributed by atoms with Crippen molar-refractivity contribution in [1.82, 2.24) is 14.7 Å². The molecule has 0 N–H and O–H groups in total. The van der Waals surface area contributed by atoms with E-state index in [4.69, 9.17) is 0 Å². The second kappa shape index (κ2) is 7.70. The molecule has 2 aromatic carbocycles. The lowest BCUT2D eigenvalue weighted by atomic mass is 10.0. The van der Waals surface area contributed by atoms with E-state index in [0.717, 1.165) is 29.2 Å². The molecular weight excluding hydrogens is 367 g/mol. The molecule has 0 aliphatic carbocycles. The first-order chi connectivity index (χ1) is 14.0. The van der Waals surface area contributed by atoms with Crippen LogP contribution in [0.3, 0.4) is 0 Å². The van der Waals surface area contributed by atoms with Crippen LogP contribution in [0, 0.1) is 5.82 Å². The second-order valence-corrected chi connectivity index (χ2v) is 7.76. The Hall–Kier alpha value is -3.15. The van der Waals surface area contributed by atoms with Gasteiger partial charge in [-0.1, -0.05) is 32.0 Å². The standard InChI is InChI=1S/C23H25FN4O/c1-16(2)22-20(14-25-28(22)19-10-8-18(24)9-11-19)23(29)27-13-12-26(3)21-7-5-4-6-17(21)15-27/h4-11,14,16H,12-13,15H2,1-3H3. The molecule has 0 saturated carbocycles. The molecule has 0 bridgehead atoms. The minimum Gasteiger partial charge on any atom is -0.373 e. The maximum atomic E-state index is 13.5. The van der Waals surface area contributed by atoms with Crippen molar-refractivity contribution in [1.29, 1.82) is 0 Å². The Balaban J connectivity index is 1.70. The number of rotatable bonds is 3. The average molecular weight is 392 g/mol. The van der Waals surface area contributed by atoms with Crippen LogP contribution in [0.4, 0.5) is 10.1 Å². The maximum Gasteiger partial charge on any atom is 0.257 e. The number of para-hydroxylation sites is 1. The number of aromatic nitrogens is 2. The number of fused-ring (bicyclic) bond motifs is 1. The van der Waals surface area contributed by atoms with Crippen molar-refractivity contribution in [3.05, 3.63) is 77.4 Å². The van der Waals surface area contributed by atoms with E-state index in [9.17, 15) is 9.18 Å². The van der Waals surface area contributed by atoms with E-state index >= 15 is 0 Å². The van der Waals surface area contributed by atoms with Gasteiger partial charge < -0.3 is 9.80 Å². The number of nitrogens with zero attached hydrogens (tertiary/aromatic N) is 4. The van der Waals surface area contributed by atoms with E-state index < -0.39 is 0 Å². The van der Waals surface area contributed by atoms with Gasteiger partial charge in [0, 0.05) is 32.4 Å². The average Bonchev–Trinajstić information content (AvgIpc) is 3.09. The Bertz CT molecular complexity index is 1030. The Morgan fingerprint density at radius 3 is 2.52 bits per heavy atom. The quantitative estimate of drug-likeness (QED) is 0.670. The van der Waals surface area contributed by atoms with E-state index in [1.807, 2.05) is 30.9 Å². The molecule has 6 heteroatoms. The smallest absolute Gasteiger partial charge is 0.257 e. The number of hydrogen-bond acceptors (Lipinski definition) is 3. The molecule has 3 aromatic rings. The summed E-state index contributed by atoms with van der Waals surface area (Å²) in [6.07, 6.45) is 1.64. The van der Waals surface area contributed by atoms with Gasteiger partial charge in [-0.05, 0) is 41.8 Å². The van der Waals surface area contributed by atoms with Gasteiger partial charge in [0.05, 0.1) is 23.1 Å². The van der Waals surface area contributed by atoms with Crippen molar-refractivity contribution in [2.75, 3.05) is 25.0 Å². The van der Waals surface area contributed by atoms with Gasteiger partial charge in [0.15, 0.2) is 0 Å². The molecule has 0 radical (unpaired) electrons. The van der Waals surface area contributed by atoms with E-state index in [2.05, 4.69) is 29.2 Å². The van der Waals surface area contributed by atoms with Crippen LogP contribution in [-0.4, -0.2) is 40.7 Å². The third-order valence-corrected chi connectivity index (χ3v) is 5.41. The number of amides is 1. The summed E-state index contributed by atoms with van der Waals surface area (Å²) in [5.41, 5.74) is 4.49. The van der Waals surface area contributed by atoms with Crippen LogP contribution < -0.4 is 4.90 Å². The van der Waals surface area contributed by atoms with Crippen LogP contribution in [0.5, 0.6) is 0 Å². The van der Waals surface area contributed by atoms with Crippen molar-refractivity contribution in [2.24, 2.45) is 0 Å². The van der Waals surface area contributed by atoms with Gasteiger partial charge in [0.2, 0.25) is 0 Å². The number of halogens is 1. The zero-order chi connectivity index (χ0) is 20.5. The SMILES string of the molecule is CC(C)c1c(C(=O)N2CCN(C)c3ccccc3C2)cnn1-c1ccc(F)cc1. The van der Waals surface area contributed by atoms with Crippen LogP contribution >= 0.6 is 0 Å². The Morgan fingerprint density at radius 2 is 1.79 bits per heavy atom. The molecule has 0 unspecified atom stereocenters. The monoisotopic (exact) mass is 392 g/mol. The number of likely N-dealkylation sites (N-methyl/N-ethyl adjacent to an activating group) is 1. The number of carbonyl (C=O) groups is 1. The molecule has 4 rings (SSSR count). The first kappa shape index (κ1) is 19.2. The highest BCUT2D eigenvalue weighted by atomic mass is 19.1. The highest BCUT2D eigenvalue weighted by Crippen LogP contribution is 2.28. The summed E-state index contributed by atoms with van der Waals surface area (Å²) in [5, 5.41) is 4.47. The van der Waals surface area contributed by atoms with Crippen LogP contribution in [0.1, 0.15) is 41.4 Å². The highest BCUT2D eigenvalue weighted by molar-refractivity contribution is 5.95. The summed E-state index contributed by atoms with van der Waals surface area (Å²) in [4.78, 5) is 17.6. The highest BCUT2D eigenvalue weighted by Gasteiger charge is 2.27. The normalized spacial score (nSPS) is 14.1. The van der Waals surface area contributed by atoms with Gasteiger partial charge in [0.25, 0.3) is 5.91 Å². The molecule has 1 aromatic heterocycles. The van der Waals surface area contributed by atoms with Crippen molar-refractivity contribution < 1.29 is 9.18 Å². The Kier molecular flexibility index (Phi) is 5.09. The molecule has 29 heavy (non-hydrogen) atoms. The van der Waals surface area contributed by atoms with E-state index in [-0.39, 0.29) is 17.6 Å². The van der Waals surface area contributed by atoms with Gasteiger partial charge >= 0.3 is 0 Å². The first-order valence-electron chi connectivity index (χ1n) is 9.88. The Labute approximate surface area is 170 Å². The summed E-state index contributed by atoms with van der Waals surface area (Å²) in [7, 11) is 2.05. The summed E-state index contributed by atoms with van der Waals surface area (Å²) in [6.45, 7) is 6.06. The van der Waals surface area contributed by atoms with Gasteiger partial charge in [-0.15, -0.1) is 0 Å². The van der Waals surface area contributed by atoms with E-state index in [1.54, 1.807) is 23.0 Å².